The van der Waals surface area contributed by atoms with E-state index < -0.39 is 0 Å². The minimum atomic E-state index is 0. The molecular formula is C16H26Cl2N4O. The summed E-state index contributed by atoms with van der Waals surface area (Å²) >= 11 is 0. The number of nitrogens with one attached hydrogen (secondary N) is 1. The largest absolute Gasteiger partial charge is 0.352 e. The second-order valence-corrected chi connectivity index (χ2v) is 5.32. The van der Waals surface area contributed by atoms with Crippen molar-refractivity contribution in [1.29, 1.82) is 0 Å². The SMILES string of the molecule is CCCCC(CN)NC(=O)CCn1cnc2ccccc21.Cl.Cl. The minimum absolute atomic E-state index is 0. The summed E-state index contributed by atoms with van der Waals surface area (Å²) < 4.78 is 2.01. The van der Waals surface area contributed by atoms with E-state index in [0.717, 1.165) is 30.3 Å². The molecule has 0 aliphatic rings. The van der Waals surface area contributed by atoms with Crippen LogP contribution in [0.4, 0.5) is 0 Å². The van der Waals surface area contributed by atoms with Gasteiger partial charge in [-0.3, -0.25) is 4.79 Å². The van der Waals surface area contributed by atoms with Crippen molar-refractivity contribution in [3.8, 4) is 0 Å². The molecule has 1 heterocycles. The van der Waals surface area contributed by atoms with Crippen molar-refractivity contribution < 1.29 is 4.79 Å². The molecule has 130 valence electrons. The van der Waals surface area contributed by atoms with E-state index in [1.165, 1.54) is 0 Å². The van der Waals surface area contributed by atoms with E-state index in [4.69, 9.17) is 5.73 Å². The molecule has 1 amide bonds. The summed E-state index contributed by atoms with van der Waals surface area (Å²) in [6.45, 7) is 3.27. The van der Waals surface area contributed by atoms with E-state index in [2.05, 4.69) is 17.2 Å². The van der Waals surface area contributed by atoms with E-state index in [1.807, 2.05) is 28.8 Å². The Kier molecular flexibility index (Phi) is 10.6. The lowest BCUT2D eigenvalue weighted by Crippen LogP contribution is -2.40. The monoisotopic (exact) mass is 360 g/mol. The molecule has 23 heavy (non-hydrogen) atoms. The first-order chi connectivity index (χ1) is 10.2. The van der Waals surface area contributed by atoms with Gasteiger partial charge in [0, 0.05) is 25.6 Å². The molecule has 0 spiro atoms. The predicted molar refractivity (Wildman–Crippen MR) is 99.4 cm³/mol. The Morgan fingerprint density at radius 2 is 2.09 bits per heavy atom. The number of amides is 1. The lowest BCUT2D eigenvalue weighted by atomic mass is 10.1. The van der Waals surface area contributed by atoms with Crippen molar-refractivity contribution in [2.24, 2.45) is 5.73 Å². The molecule has 5 nitrogen and oxygen atoms in total. The van der Waals surface area contributed by atoms with Crippen LogP contribution in [0.3, 0.4) is 0 Å². The van der Waals surface area contributed by atoms with Crippen LogP contribution in [-0.2, 0) is 11.3 Å². The number of nitrogens with zero attached hydrogens (tertiary/aromatic N) is 2. The number of carbonyl (C=O) groups is 1. The number of rotatable bonds is 8. The first-order valence-electron chi connectivity index (χ1n) is 7.64. The molecule has 0 fully saturated rings. The number of imidazole rings is 1. The van der Waals surface area contributed by atoms with Gasteiger partial charge >= 0.3 is 0 Å². The number of benzene rings is 1. The highest BCUT2D eigenvalue weighted by Gasteiger charge is 2.10. The number of para-hydroxylation sites is 2. The van der Waals surface area contributed by atoms with Crippen LogP contribution in [0.25, 0.3) is 11.0 Å². The molecule has 0 radical (unpaired) electrons. The first kappa shape index (κ1) is 21.7. The average molecular weight is 361 g/mol. The highest BCUT2D eigenvalue weighted by Crippen LogP contribution is 2.12. The lowest BCUT2D eigenvalue weighted by Gasteiger charge is -2.16. The van der Waals surface area contributed by atoms with Crippen molar-refractivity contribution in [3.05, 3.63) is 30.6 Å². The summed E-state index contributed by atoms with van der Waals surface area (Å²) in [5.74, 6) is 0.0549. The van der Waals surface area contributed by atoms with E-state index in [-0.39, 0.29) is 36.8 Å². The van der Waals surface area contributed by atoms with Gasteiger partial charge in [-0.25, -0.2) is 4.98 Å². The Labute approximate surface area is 149 Å². The Morgan fingerprint density at radius 3 is 2.78 bits per heavy atom. The van der Waals surface area contributed by atoms with Gasteiger partial charge in [-0.1, -0.05) is 31.9 Å². The summed E-state index contributed by atoms with van der Waals surface area (Å²) in [5.41, 5.74) is 7.72. The highest BCUT2D eigenvalue weighted by atomic mass is 35.5. The van der Waals surface area contributed by atoms with E-state index in [1.54, 1.807) is 6.33 Å². The fourth-order valence-electron chi connectivity index (χ4n) is 2.41. The normalized spacial score (nSPS) is 11.4. The predicted octanol–water partition coefficient (Wildman–Crippen LogP) is 2.90. The molecule has 0 aliphatic heterocycles. The summed E-state index contributed by atoms with van der Waals surface area (Å²) in [5, 5.41) is 3.01. The number of aromatic nitrogens is 2. The van der Waals surface area contributed by atoms with Crippen LogP contribution < -0.4 is 11.1 Å². The number of carbonyl (C=O) groups excluding carboxylic acids is 1. The Bertz CT molecular complexity index is 588. The second-order valence-electron chi connectivity index (χ2n) is 5.32. The molecule has 0 saturated carbocycles. The molecule has 1 unspecified atom stereocenters. The van der Waals surface area contributed by atoms with Crippen LogP contribution in [0.2, 0.25) is 0 Å². The van der Waals surface area contributed by atoms with Crippen LogP contribution in [0, 0.1) is 0 Å². The molecule has 1 aromatic heterocycles. The van der Waals surface area contributed by atoms with E-state index in [0.29, 0.717) is 19.5 Å². The molecule has 0 aliphatic carbocycles. The van der Waals surface area contributed by atoms with Gasteiger partial charge in [0.2, 0.25) is 5.91 Å². The molecule has 0 saturated heterocycles. The zero-order chi connectivity index (χ0) is 15.1. The molecule has 3 N–H and O–H groups in total. The van der Waals surface area contributed by atoms with Gasteiger partial charge in [0.15, 0.2) is 0 Å². The fraction of sp³-hybridized carbons (Fsp3) is 0.500. The molecule has 7 heteroatoms. The second kappa shape index (κ2) is 11.3. The van der Waals surface area contributed by atoms with Gasteiger partial charge in [-0.05, 0) is 18.6 Å². The van der Waals surface area contributed by atoms with E-state index in [9.17, 15) is 4.79 Å². The minimum Gasteiger partial charge on any atom is -0.352 e. The summed E-state index contributed by atoms with van der Waals surface area (Å²) in [6, 6.07) is 8.03. The fourth-order valence-corrected chi connectivity index (χ4v) is 2.41. The molecule has 1 atom stereocenters. The molecule has 2 aromatic rings. The molecule has 1 aromatic carbocycles. The van der Waals surface area contributed by atoms with Crippen molar-refractivity contribution in [3.63, 3.8) is 0 Å². The summed E-state index contributed by atoms with van der Waals surface area (Å²) in [6.07, 6.45) is 5.40. The number of fused-ring (bicyclic) bond motifs is 1. The maximum atomic E-state index is 12.0. The van der Waals surface area contributed by atoms with Gasteiger partial charge in [0.1, 0.15) is 0 Å². The molecule has 2 rings (SSSR count). The van der Waals surface area contributed by atoms with Crippen LogP contribution in [0.5, 0.6) is 0 Å². The van der Waals surface area contributed by atoms with Gasteiger partial charge in [-0.15, -0.1) is 24.8 Å². The Balaban J connectivity index is 0.00000242. The van der Waals surface area contributed by atoms with Gasteiger partial charge < -0.3 is 15.6 Å². The van der Waals surface area contributed by atoms with Crippen LogP contribution in [0.15, 0.2) is 30.6 Å². The third-order valence-electron chi connectivity index (χ3n) is 3.66. The van der Waals surface area contributed by atoms with Crippen LogP contribution in [-0.4, -0.2) is 28.0 Å². The van der Waals surface area contributed by atoms with Crippen molar-refractivity contribution in [1.82, 2.24) is 14.9 Å². The average Bonchev–Trinajstić information content (AvgIpc) is 2.92. The topological polar surface area (TPSA) is 72.9 Å². The standard InChI is InChI=1S/C16H24N4O.2ClH/c1-2-3-6-13(11-17)19-16(21)9-10-20-12-18-14-7-4-5-8-15(14)20;;/h4-5,7-8,12-13H,2-3,6,9-11,17H2,1H3,(H,19,21);2*1H. The van der Waals surface area contributed by atoms with Crippen molar-refractivity contribution >= 4 is 41.8 Å². The summed E-state index contributed by atoms with van der Waals surface area (Å²) in [4.78, 5) is 16.3. The highest BCUT2D eigenvalue weighted by molar-refractivity contribution is 5.85. The first-order valence-corrected chi connectivity index (χ1v) is 7.64. The third kappa shape index (κ3) is 6.37. The van der Waals surface area contributed by atoms with Crippen molar-refractivity contribution in [2.75, 3.05) is 6.54 Å². The maximum Gasteiger partial charge on any atom is 0.222 e. The number of nitrogens with two attached hydrogens (primary N) is 1. The zero-order valence-electron chi connectivity index (χ0n) is 13.4. The number of hydrogen-bond acceptors (Lipinski definition) is 3. The Hall–Kier alpha value is -1.30. The smallest absolute Gasteiger partial charge is 0.222 e. The van der Waals surface area contributed by atoms with E-state index >= 15 is 0 Å². The third-order valence-corrected chi connectivity index (χ3v) is 3.66. The van der Waals surface area contributed by atoms with Crippen LogP contribution >= 0.6 is 24.8 Å². The number of aryl methyl sites for hydroxylation is 1. The number of hydrogen-bond donors (Lipinski definition) is 2. The molecular weight excluding hydrogens is 335 g/mol. The summed E-state index contributed by atoms with van der Waals surface area (Å²) in [7, 11) is 0. The van der Waals surface area contributed by atoms with Gasteiger partial charge in [-0.2, -0.15) is 0 Å². The maximum absolute atomic E-state index is 12.0. The van der Waals surface area contributed by atoms with Gasteiger partial charge in [0.25, 0.3) is 0 Å². The zero-order valence-corrected chi connectivity index (χ0v) is 15.0. The lowest BCUT2D eigenvalue weighted by molar-refractivity contribution is -0.122. The number of unbranched alkanes of at least 4 members (excludes halogenated alkanes) is 1. The number of halogens is 2. The Morgan fingerprint density at radius 1 is 1.35 bits per heavy atom. The molecule has 0 bridgehead atoms. The quantitative estimate of drug-likeness (QED) is 0.759. The van der Waals surface area contributed by atoms with Gasteiger partial charge in [0.05, 0.1) is 17.4 Å². The van der Waals surface area contributed by atoms with Crippen molar-refractivity contribution in [2.45, 2.75) is 45.2 Å². The van der Waals surface area contributed by atoms with Crippen LogP contribution in [0.1, 0.15) is 32.6 Å².